The van der Waals surface area contributed by atoms with Crippen molar-refractivity contribution in [3.05, 3.63) is 46.2 Å². The maximum Gasteiger partial charge on any atom is 0.264 e. The molecule has 1 amide bonds. The second kappa shape index (κ2) is 6.12. The molecule has 0 radical (unpaired) electrons. The summed E-state index contributed by atoms with van der Waals surface area (Å²) >= 11 is 5.63. The molecule has 0 saturated carbocycles. The zero-order valence-corrected chi connectivity index (χ0v) is 12.5. The molecule has 0 aliphatic rings. The number of thiophene rings is 1. The molecule has 0 fully saturated rings. The predicted molar refractivity (Wildman–Crippen MR) is 80.4 cm³/mol. The average Bonchev–Trinajstić information content (AvgIpc) is 2.85. The predicted octanol–water partition coefficient (Wildman–Crippen LogP) is 3.32. The molecule has 0 aliphatic heterocycles. The van der Waals surface area contributed by atoms with Gasteiger partial charge in [-0.3, -0.25) is 4.79 Å². The number of nitrogens with zero attached hydrogens (tertiary/aromatic N) is 1. The summed E-state index contributed by atoms with van der Waals surface area (Å²) in [6, 6.07) is 9.50. The Morgan fingerprint density at radius 1 is 1.37 bits per heavy atom. The van der Waals surface area contributed by atoms with Crippen molar-refractivity contribution in [2.24, 2.45) is 0 Å². The summed E-state index contributed by atoms with van der Waals surface area (Å²) < 4.78 is 5.11. The summed E-state index contributed by atoms with van der Waals surface area (Å²) in [5.74, 6) is 0.830. The number of hydrogen-bond acceptors (Lipinski definition) is 4. The molecule has 1 heterocycles. The number of rotatable bonds is 4. The first-order valence-corrected chi connectivity index (χ1v) is 7.08. The van der Waals surface area contributed by atoms with Crippen LogP contribution in [0.25, 0.3) is 0 Å². The van der Waals surface area contributed by atoms with Crippen LogP contribution in [0, 0.1) is 0 Å². The number of methoxy groups -OCH3 is 1. The lowest BCUT2D eigenvalue weighted by Gasteiger charge is -2.16. The minimum atomic E-state index is 0.0149. The number of amides is 1. The van der Waals surface area contributed by atoms with Crippen LogP contribution in [0.15, 0.2) is 40.6 Å². The van der Waals surface area contributed by atoms with Crippen LogP contribution in [-0.2, 0) is 6.54 Å². The molecule has 0 unspecified atom stereocenters. The van der Waals surface area contributed by atoms with Gasteiger partial charge in [-0.05, 0) is 23.8 Å². The average molecular weight is 293 g/mol. The molecule has 0 N–H and O–H groups in total. The fourth-order valence-corrected chi connectivity index (χ4v) is 2.85. The van der Waals surface area contributed by atoms with Crippen molar-refractivity contribution in [1.29, 1.82) is 0 Å². The third-order valence-electron chi connectivity index (χ3n) is 2.72. The van der Waals surface area contributed by atoms with E-state index in [1.807, 2.05) is 29.6 Å². The fraction of sp³-hybridized carbons (Fsp3) is 0.214. The van der Waals surface area contributed by atoms with Gasteiger partial charge in [-0.15, -0.1) is 24.0 Å². The third-order valence-corrected chi connectivity index (χ3v) is 4.07. The van der Waals surface area contributed by atoms with Crippen LogP contribution in [-0.4, -0.2) is 25.0 Å². The van der Waals surface area contributed by atoms with Gasteiger partial charge < -0.3 is 9.64 Å². The summed E-state index contributed by atoms with van der Waals surface area (Å²) in [6.45, 7) is 0.572. The van der Waals surface area contributed by atoms with E-state index in [0.717, 1.165) is 16.2 Å². The van der Waals surface area contributed by atoms with Gasteiger partial charge in [0.25, 0.3) is 5.91 Å². The van der Waals surface area contributed by atoms with Gasteiger partial charge in [0.05, 0.1) is 12.0 Å². The second-order valence-electron chi connectivity index (χ2n) is 4.18. The van der Waals surface area contributed by atoms with E-state index < -0.39 is 0 Å². The van der Waals surface area contributed by atoms with E-state index >= 15 is 0 Å². The van der Waals surface area contributed by atoms with Crippen molar-refractivity contribution >= 4 is 29.9 Å². The molecule has 0 spiro atoms. The SMILES string of the molecule is COc1ccc(CN(C)C(=O)c2cc(S)cs2)cc1. The van der Waals surface area contributed by atoms with E-state index in [4.69, 9.17) is 4.74 Å². The number of carbonyl (C=O) groups excluding carboxylic acids is 1. The highest BCUT2D eigenvalue weighted by molar-refractivity contribution is 7.80. The number of hydrogen-bond donors (Lipinski definition) is 1. The smallest absolute Gasteiger partial charge is 0.264 e. The van der Waals surface area contributed by atoms with Gasteiger partial charge in [-0.25, -0.2) is 0 Å². The van der Waals surface area contributed by atoms with Crippen molar-refractivity contribution in [3.63, 3.8) is 0 Å². The van der Waals surface area contributed by atoms with Crippen molar-refractivity contribution in [3.8, 4) is 5.75 Å². The fourth-order valence-electron chi connectivity index (χ4n) is 1.70. The molecule has 5 heteroatoms. The summed E-state index contributed by atoms with van der Waals surface area (Å²) in [5.41, 5.74) is 1.07. The number of carbonyl (C=O) groups is 1. The molecule has 0 saturated heterocycles. The van der Waals surface area contributed by atoms with Gasteiger partial charge >= 0.3 is 0 Å². The van der Waals surface area contributed by atoms with Crippen LogP contribution in [0.1, 0.15) is 15.2 Å². The first-order valence-electron chi connectivity index (χ1n) is 5.76. The lowest BCUT2D eigenvalue weighted by Crippen LogP contribution is -2.25. The maximum atomic E-state index is 12.2. The minimum absolute atomic E-state index is 0.0149. The molecule has 2 rings (SSSR count). The third kappa shape index (κ3) is 3.52. The van der Waals surface area contributed by atoms with Gasteiger partial charge in [0, 0.05) is 23.9 Å². The van der Waals surface area contributed by atoms with Crippen molar-refractivity contribution in [2.45, 2.75) is 11.4 Å². The van der Waals surface area contributed by atoms with E-state index in [9.17, 15) is 4.79 Å². The molecule has 2 aromatic rings. The molecule has 3 nitrogen and oxygen atoms in total. The van der Waals surface area contributed by atoms with Crippen LogP contribution >= 0.6 is 24.0 Å². The van der Waals surface area contributed by atoms with Gasteiger partial charge in [0.2, 0.25) is 0 Å². The Kier molecular flexibility index (Phi) is 4.50. The van der Waals surface area contributed by atoms with Crippen molar-refractivity contribution in [1.82, 2.24) is 4.90 Å². The molecule has 0 aliphatic carbocycles. The highest BCUT2D eigenvalue weighted by Crippen LogP contribution is 2.20. The van der Waals surface area contributed by atoms with Gasteiger partial charge in [-0.2, -0.15) is 0 Å². The molecule has 0 atom stereocenters. The Morgan fingerprint density at radius 2 is 2.05 bits per heavy atom. The standard InChI is InChI=1S/C14H15NO2S2/c1-15(14(16)13-7-12(18)9-19-13)8-10-3-5-11(17-2)6-4-10/h3-7,9,18H,8H2,1-2H3. The molecular formula is C14H15NO2S2. The molecular weight excluding hydrogens is 278 g/mol. The van der Waals surface area contributed by atoms with E-state index in [0.29, 0.717) is 11.4 Å². The molecule has 0 bridgehead atoms. The van der Waals surface area contributed by atoms with Crippen molar-refractivity contribution < 1.29 is 9.53 Å². The van der Waals surface area contributed by atoms with Crippen LogP contribution in [0.3, 0.4) is 0 Å². The Labute approximate surface area is 122 Å². The Hall–Kier alpha value is -1.46. The van der Waals surface area contributed by atoms with Gasteiger partial charge in [0.15, 0.2) is 0 Å². The Bertz CT molecular complexity index is 563. The summed E-state index contributed by atoms with van der Waals surface area (Å²) in [4.78, 5) is 15.4. The first kappa shape index (κ1) is 14.0. The minimum Gasteiger partial charge on any atom is -0.497 e. The Morgan fingerprint density at radius 3 is 2.58 bits per heavy atom. The van der Waals surface area contributed by atoms with Crippen LogP contribution < -0.4 is 4.74 Å². The highest BCUT2D eigenvalue weighted by Gasteiger charge is 2.13. The molecule has 1 aromatic carbocycles. The summed E-state index contributed by atoms with van der Waals surface area (Å²) in [5, 5.41) is 1.86. The first-order chi connectivity index (χ1) is 9.10. The van der Waals surface area contributed by atoms with Crippen LogP contribution in [0.2, 0.25) is 0 Å². The zero-order valence-electron chi connectivity index (χ0n) is 10.8. The quantitative estimate of drug-likeness (QED) is 0.876. The van der Waals surface area contributed by atoms with E-state index in [1.54, 1.807) is 25.1 Å². The molecule has 1 aromatic heterocycles. The monoisotopic (exact) mass is 293 g/mol. The number of thiol groups is 1. The van der Waals surface area contributed by atoms with Crippen LogP contribution in [0.4, 0.5) is 0 Å². The van der Waals surface area contributed by atoms with Crippen LogP contribution in [0.5, 0.6) is 5.75 Å². The normalized spacial score (nSPS) is 10.3. The van der Waals surface area contributed by atoms with E-state index in [-0.39, 0.29) is 5.91 Å². The summed E-state index contributed by atoms with van der Waals surface area (Å²) in [7, 11) is 3.43. The van der Waals surface area contributed by atoms with E-state index in [1.165, 1.54) is 11.3 Å². The lowest BCUT2D eigenvalue weighted by atomic mass is 10.2. The second-order valence-corrected chi connectivity index (χ2v) is 5.61. The topological polar surface area (TPSA) is 29.5 Å². The summed E-state index contributed by atoms with van der Waals surface area (Å²) in [6.07, 6.45) is 0. The Balaban J connectivity index is 2.03. The molecule has 100 valence electrons. The molecule has 19 heavy (non-hydrogen) atoms. The van der Waals surface area contributed by atoms with E-state index in [2.05, 4.69) is 12.6 Å². The lowest BCUT2D eigenvalue weighted by molar-refractivity contribution is 0.0789. The maximum absolute atomic E-state index is 12.2. The largest absolute Gasteiger partial charge is 0.497 e. The zero-order chi connectivity index (χ0) is 13.8. The number of benzene rings is 1. The highest BCUT2D eigenvalue weighted by atomic mass is 32.1. The van der Waals surface area contributed by atoms with Gasteiger partial charge in [0.1, 0.15) is 5.75 Å². The van der Waals surface area contributed by atoms with Gasteiger partial charge in [-0.1, -0.05) is 12.1 Å². The van der Waals surface area contributed by atoms with Crippen molar-refractivity contribution in [2.75, 3.05) is 14.2 Å². The number of ether oxygens (including phenoxy) is 1.